The van der Waals surface area contributed by atoms with Gasteiger partial charge < -0.3 is 11.6 Å². The molecule has 0 fully saturated rings. The SMILES string of the molecule is NN=C(N)NO[PH](=O)c1ccccc1. The lowest BCUT2D eigenvalue weighted by Crippen LogP contribution is -2.31. The molecule has 1 unspecified atom stereocenters. The Morgan fingerprint density at radius 1 is 1.43 bits per heavy atom. The quantitative estimate of drug-likeness (QED) is 0.207. The average molecular weight is 214 g/mol. The van der Waals surface area contributed by atoms with Crippen LogP contribution in [0.1, 0.15) is 0 Å². The van der Waals surface area contributed by atoms with Crippen LogP contribution >= 0.6 is 8.03 Å². The molecule has 0 aliphatic carbocycles. The average Bonchev–Trinajstić information content (AvgIpc) is 2.26. The fourth-order valence-electron chi connectivity index (χ4n) is 0.758. The van der Waals surface area contributed by atoms with Gasteiger partial charge in [-0.15, -0.1) is 5.10 Å². The molecule has 0 spiro atoms. The predicted octanol–water partition coefficient (Wildman–Crippen LogP) is -0.504. The minimum absolute atomic E-state index is 0.126. The monoisotopic (exact) mass is 214 g/mol. The second-order valence-corrected chi connectivity index (χ2v) is 3.73. The molecule has 0 aliphatic heterocycles. The molecule has 0 saturated heterocycles. The third-order valence-corrected chi connectivity index (χ3v) is 2.49. The largest absolute Gasteiger partial charge is 0.367 e. The van der Waals surface area contributed by atoms with Crippen molar-refractivity contribution < 1.29 is 9.19 Å². The van der Waals surface area contributed by atoms with Crippen LogP contribution in [0.4, 0.5) is 0 Å². The van der Waals surface area contributed by atoms with Crippen molar-refractivity contribution in [1.82, 2.24) is 5.48 Å². The topological polar surface area (TPSA) is 103 Å². The standard InChI is InChI=1S/C7H11N4O2P/c8-7(10-9)11-13-14(12)6-4-2-1-3-5-6/h1-5,14H,9H2,(H3,8,10,11). The summed E-state index contributed by atoms with van der Waals surface area (Å²) in [5, 5.41) is 3.68. The summed E-state index contributed by atoms with van der Waals surface area (Å²) < 4.78 is 16.2. The first-order valence-corrected chi connectivity index (χ1v) is 5.11. The van der Waals surface area contributed by atoms with Crippen LogP contribution in [-0.4, -0.2) is 5.96 Å². The molecule has 5 N–H and O–H groups in total. The highest BCUT2D eigenvalue weighted by Crippen LogP contribution is 2.18. The van der Waals surface area contributed by atoms with E-state index in [1.54, 1.807) is 24.3 Å². The summed E-state index contributed by atoms with van der Waals surface area (Å²) in [5.74, 6) is 4.70. The van der Waals surface area contributed by atoms with Gasteiger partial charge >= 0.3 is 0 Å². The zero-order chi connectivity index (χ0) is 10.4. The fraction of sp³-hybridized carbons (Fsp3) is 0. The van der Waals surface area contributed by atoms with Gasteiger partial charge in [0.2, 0.25) is 14.0 Å². The minimum atomic E-state index is -2.35. The maximum Gasteiger partial charge on any atom is 0.244 e. The van der Waals surface area contributed by atoms with Crippen molar-refractivity contribution in [3.8, 4) is 0 Å². The summed E-state index contributed by atoms with van der Waals surface area (Å²) in [6, 6.07) is 8.74. The molecular formula is C7H11N4O2P. The highest BCUT2D eigenvalue weighted by Gasteiger charge is 2.02. The first kappa shape index (κ1) is 10.6. The van der Waals surface area contributed by atoms with Gasteiger partial charge in [0.15, 0.2) is 0 Å². The molecule has 1 rings (SSSR count). The van der Waals surface area contributed by atoms with Crippen molar-refractivity contribution in [2.75, 3.05) is 0 Å². The molecule has 7 heteroatoms. The predicted molar refractivity (Wildman–Crippen MR) is 55.1 cm³/mol. The molecule has 0 amide bonds. The summed E-state index contributed by atoms with van der Waals surface area (Å²) in [5.41, 5.74) is 7.33. The smallest absolute Gasteiger partial charge is 0.244 e. The Morgan fingerprint density at radius 3 is 2.64 bits per heavy atom. The van der Waals surface area contributed by atoms with Gasteiger partial charge in [0.25, 0.3) is 0 Å². The summed E-state index contributed by atoms with van der Waals surface area (Å²) >= 11 is 0. The molecule has 0 heterocycles. The zero-order valence-corrected chi connectivity index (χ0v) is 8.31. The number of hydroxylamine groups is 1. The summed E-state index contributed by atoms with van der Waals surface area (Å²) in [4.78, 5) is 0. The van der Waals surface area contributed by atoms with Gasteiger partial charge in [-0.3, -0.25) is 4.57 Å². The van der Waals surface area contributed by atoms with Crippen molar-refractivity contribution in [2.45, 2.75) is 0 Å². The molecule has 1 atom stereocenters. The number of nitrogens with one attached hydrogen (secondary N) is 1. The second-order valence-electron chi connectivity index (χ2n) is 2.37. The van der Waals surface area contributed by atoms with E-state index in [-0.39, 0.29) is 5.96 Å². The minimum Gasteiger partial charge on any atom is -0.367 e. The Morgan fingerprint density at radius 2 is 2.07 bits per heavy atom. The Labute approximate surface area is 81.8 Å². The van der Waals surface area contributed by atoms with E-state index in [2.05, 4.69) is 10.6 Å². The molecule has 0 radical (unpaired) electrons. The van der Waals surface area contributed by atoms with Crippen LogP contribution in [0.2, 0.25) is 0 Å². The van der Waals surface area contributed by atoms with Gasteiger partial charge in [-0.2, -0.15) is 0 Å². The van der Waals surface area contributed by atoms with Crippen molar-refractivity contribution in [3.05, 3.63) is 30.3 Å². The Hall–Kier alpha value is -1.52. The van der Waals surface area contributed by atoms with Gasteiger partial charge in [0.05, 0.1) is 0 Å². The molecule has 1 aromatic carbocycles. The number of hydrogen-bond donors (Lipinski definition) is 3. The Kier molecular flexibility index (Phi) is 3.97. The molecule has 0 aromatic heterocycles. The van der Waals surface area contributed by atoms with E-state index in [1.165, 1.54) is 0 Å². The number of benzene rings is 1. The van der Waals surface area contributed by atoms with Gasteiger partial charge in [0.1, 0.15) is 0 Å². The van der Waals surface area contributed by atoms with Crippen LogP contribution in [0.5, 0.6) is 0 Å². The van der Waals surface area contributed by atoms with Crippen LogP contribution < -0.4 is 22.4 Å². The van der Waals surface area contributed by atoms with E-state index in [4.69, 9.17) is 16.2 Å². The molecule has 0 saturated carbocycles. The number of rotatable bonds is 3. The van der Waals surface area contributed by atoms with Crippen LogP contribution in [0.3, 0.4) is 0 Å². The van der Waals surface area contributed by atoms with E-state index in [9.17, 15) is 4.57 Å². The lowest BCUT2D eigenvalue weighted by Gasteiger charge is -2.04. The van der Waals surface area contributed by atoms with Crippen molar-refractivity contribution >= 4 is 19.3 Å². The number of hydrazone groups is 1. The van der Waals surface area contributed by atoms with Gasteiger partial charge in [-0.1, -0.05) is 18.2 Å². The molecule has 6 nitrogen and oxygen atoms in total. The van der Waals surface area contributed by atoms with Gasteiger partial charge in [-0.05, 0) is 12.1 Å². The number of guanidine groups is 1. The highest BCUT2D eigenvalue weighted by molar-refractivity contribution is 7.48. The summed E-state index contributed by atoms with van der Waals surface area (Å²) in [6.45, 7) is 0. The third-order valence-electron chi connectivity index (χ3n) is 1.40. The maximum absolute atomic E-state index is 11.4. The van der Waals surface area contributed by atoms with Crippen LogP contribution in [-0.2, 0) is 9.19 Å². The molecule has 0 aliphatic rings. The van der Waals surface area contributed by atoms with E-state index in [1.807, 2.05) is 6.07 Å². The molecule has 14 heavy (non-hydrogen) atoms. The molecule has 0 bridgehead atoms. The first-order valence-electron chi connectivity index (χ1n) is 3.79. The van der Waals surface area contributed by atoms with E-state index >= 15 is 0 Å². The van der Waals surface area contributed by atoms with E-state index in [0.29, 0.717) is 5.30 Å². The van der Waals surface area contributed by atoms with E-state index in [0.717, 1.165) is 0 Å². The van der Waals surface area contributed by atoms with Crippen LogP contribution in [0.15, 0.2) is 35.4 Å². The lowest BCUT2D eigenvalue weighted by atomic mass is 10.4. The number of nitrogens with two attached hydrogens (primary N) is 2. The van der Waals surface area contributed by atoms with Crippen molar-refractivity contribution in [2.24, 2.45) is 16.7 Å². The molecule has 76 valence electrons. The third kappa shape index (κ3) is 3.08. The van der Waals surface area contributed by atoms with Crippen molar-refractivity contribution in [1.29, 1.82) is 0 Å². The summed E-state index contributed by atoms with van der Waals surface area (Å²) in [7, 11) is -2.35. The second kappa shape index (κ2) is 5.26. The van der Waals surface area contributed by atoms with Gasteiger partial charge in [-0.25, -0.2) is 10.1 Å². The lowest BCUT2D eigenvalue weighted by molar-refractivity contribution is 0.280. The van der Waals surface area contributed by atoms with E-state index < -0.39 is 8.03 Å². The Bertz CT molecular complexity index is 341. The summed E-state index contributed by atoms with van der Waals surface area (Å²) in [6.07, 6.45) is 0. The van der Waals surface area contributed by atoms with Crippen molar-refractivity contribution in [3.63, 3.8) is 0 Å². The fourth-order valence-corrected chi connectivity index (χ4v) is 1.54. The van der Waals surface area contributed by atoms with Crippen LogP contribution in [0, 0.1) is 0 Å². The maximum atomic E-state index is 11.4. The number of nitrogens with zero attached hydrogens (tertiary/aromatic N) is 1. The molecular weight excluding hydrogens is 203 g/mol. The van der Waals surface area contributed by atoms with Gasteiger partial charge in [0, 0.05) is 5.30 Å². The highest BCUT2D eigenvalue weighted by atomic mass is 31.1. The molecule has 1 aromatic rings. The van der Waals surface area contributed by atoms with Crippen LogP contribution in [0.25, 0.3) is 0 Å². The zero-order valence-electron chi connectivity index (χ0n) is 7.31. The number of hydrogen-bond acceptors (Lipinski definition) is 4. The Balaban J connectivity index is 2.52. The first-order chi connectivity index (χ1) is 6.74. The normalized spacial score (nSPS) is 13.6.